The summed E-state index contributed by atoms with van der Waals surface area (Å²) in [5.74, 6) is 0. The van der Waals surface area contributed by atoms with Gasteiger partial charge >= 0.3 is 0 Å². The fourth-order valence-electron chi connectivity index (χ4n) is 2.71. The van der Waals surface area contributed by atoms with Crippen LogP contribution in [0.15, 0.2) is 24.3 Å². The van der Waals surface area contributed by atoms with E-state index in [1.807, 2.05) is 12.1 Å². The molecular weight excluding hydrogens is 254 g/mol. The minimum absolute atomic E-state index is 0.164. The third-order valence-corrected chi connectivity index (χ3v) is 4.07. The molecule has 0 aromatic heterocycles. The van der Waals surface area contributed by atoms with E-state index in [1.165, 1.54) is 19.3 Å². The summed E-state index contributed by atoms with van der Waals surface area (Å²) in [6.45, 7) is 3.24. The molecule has 1 fully saturated rings. The van der Waals surface area contributed by atoms with Crippen molar-refractivity contribution >= 4 is 5.69 Å². The van der Waals surface area contributed by atoms with Crippen LogP contribution in [0.2, 0.25) is 0 Å². The van der Waals surface area contributed by atoms with E-state index in [0.717, 1.165) is 31.6 Å². The summed E-state index contributed by atoms with van der Waals surface area (Å²) in [6, 6.07) is 7.56. The number of nitro benzene ring substituents is 1. The van der Waals surface area contributed by atoms with Gasteiger partial charge in [0.15, 0.2) is 0 Å². The maximum absolute atomic E-state index is 10.6. The fraction of sp³-hybridized carbons (Fsp3) is 0.600. The lowest BCUT2D eigenvalue weighted by atomic mass is 10.1. The van der Waals surface area contributed by atoms with Crippen LogP contribution >= 0.6 is 0 Å². The fourth-order valence-corrected chi connectivity index (χ4v) is 2.71. The third-order valence-electron chi connectivity index (χ3n) is 4.07. The highest BCUT2D eigenvalue weighted by atomic mass is 16.6. The molecule has 0 radical (unpaired) electrons. The normalized spacial score (nSPS) is 19.8. The third kappa shape index (κ3) is 4.28. The number of non-ortho nitro benzene ring substituents is 1. The molecule has 0 aliphatic carbocycles. The van der Waals surface area contributed by atoms with Crippen molar-refractivity contribution in [2.45, 2.75) is 31.7 Å². The first kappa shape index (κ1) is 14.9. The molecule has 1 aliphatic heterocycles. The summed E-state index contributed by atoms with van der Waals surface area (Å²) in [6.07, 6.45) is 4.64. The van der Waals surface area contributed by atoms with Crippen molar-refractivity contribution in [2.75, 3.05) is 26.7 Å². The molecule has 0 spiro atoms. The van der Waals surface area contributed by atoms with E-state index in [4.69, 9.17) is 0 Å². The zero-order chi connectivity index (χ0) is 14.4. The lowest BCUT2D eigenvalue weighted by Gasteiger charge is -2.26. The minimum atomic E-state index is -0.353. The second-order valence-corrected chi connectivity index (χ2v) is 5.49. The Balaban J connectivity index is 1.82. The first-order valence-corrected chi connectivity index (χ1v) is 7.31. The summed E-state index contributed by atoms with van der Waals surface area (Å²) in [5, 5.41) is 14.0. The summed E-state index contributed by atoms with van der Waals surface area (Å²) in [7, 11) is 2.18. The van der Waals surface area contributed by atoms with Crippen LogP contribution in [-0.4, -0.2) is 42.5 Å². The first-order valence-electron chi connectivity index (χ1n) is 7.31. The van der Waals surface area contributed by atoms with E-state index in [0.29, 0.717) is 6.04 Å². The topological polar surface area (TPSA) is 58.4 Å². The molecule has 2 rings (SSSR count). The standard InChI is InChI=1S/C15H23N3O2/c1-17(14-3-2-10-16-11-8-14)12-9-13-4-6-15(7-5-13)18(19)20/h4-7,14,16H,2-3,8-12H2,1H3. The number of nitrogens with zero attached hydrogens (tertiary/aromatic N) is 2. The number of hydrogen-bond donors (Lipinski definition) is 1. The zero-order valence-electron chi connectivity index (χ0n) is 12.0. The van der Waals surface area contributed by atoms with Crippen LogP contribution in [0.5, 0.6) is 0 Å². The smallest absolute Gasteiger partial charge is 0.269 e. The van der Waals surface area contributed by atoms with Crippen molar-refractivity contribution in [3.8, 4) is 0 Å². The van der Waals surface area contributed by atoms with E-state index < -0.39 is 0 Å². The van der Waals surface area contributed by atoms with E-state index >= 15 is 0 Å². The maximum Gasteiger partial charge on any atom is 0.269 e. The summed E-state index contributed by atoms with van der Waals surface area (Å²) in [5.41, 5.74) is 1.33. The van der Waals surface area contributed by atoms with Crippen LogP contribution in [0.1, 0.15) is 24.8 Å². The number of rotatable bonds is 5. The lowest BCUT2D eigenvalue weighted by molar-refractivity contribution is -0.384. The highest BCUT2D eigenvalue weighted by Crippen LogP contribution is 2.15. The largest absolute Gasteiger partial charge is 0.317 e. The van der Waals surface area contributed by atoms with Gasteiger partial charge in [-0.15, -0.1) is 0 Å². The molecule has 1 aromatic rings. The van der Waals surface area contributed by atoms with Crippen LogP contribution < -0.4 is 5.32 Å². The van der Waals surface area contributed by atoms with Crippen LogP contribution in [0.3, 0.4) is 0 Å². The van der Waals surface area contributed by atoms with Gasteiger partial charge in [0.05, 0.1) is 4.92 Å². The van der Waals surface area contributed by atoms with Crippen molar-refractivity contribution in [3.05, 3.63) is 39.9 Å². The van der Waals surface area contributed by atoms with Crippen molar-refractivity contribution in [2.24, 2.45) is 0 Å². The van der Waals surface area contributed by atoms with Crippen molar-refractivity contribution in [1.82, 2.24) is 10.2 Å². The van der Waals surface area contributed by atoms with Gasteiger partial charge in [0.25, 0.3) is 5.69 Å². The van der Waals surface area contributed by atoms with Gasteiger partial charge in [-0.2, -0.15) is 0 Å². The molecule has 1 saturated heterocycles. The van der Waals surface area contributed by atoms with Gasteiger partial charge < -0.3 is 10.2 Å². The Labute approximate surface area is 120 Å². The molecule has 5 nitrogen and oxygen atoms in total. The molecule has 0 saturated carbocycles. The molecule has 1 heterocycles. The average molecular weight is 277 g/mol. The van der Waals surface area contributed by atoms with Crippen molar-refractivity contribution in [3.63, 3.8) is 0 Å². The molecule has 20 heavy (non-hydrogen) atoms. The predicted molar refractivity (Wildman–Crippen MR) is 79.9 cm³/mol. The molecule has 1 N–H and O–H groups in total. The molecule has 1 atom stereocenters. The Morgan fingerprint density at radius 3 is 2.75 bits per heavy atom. The summed E-state index contributed by atoms with van der Waals surface area (Å²) >= 11 is 0. The zero-order valence-corrected chi connectivity index (χ0v) is 12.0. The molecular formula is C15H23N3O2. The maximum atomic E-state index is 10.6. The number of nitro groups is 1. The van der Waals surface area contributed by atoms with E-state index in [-0.39, 0.29) is 10.6 Å². The van der Waals surface area contributed by atoms with Gasteiger partial charge in [0, 0.05) is 24.7 Å². The number of likely N-dealkylation sites (N-methyl/N-ethyl adjacent to an activating group) is 1. The highest BCUT2D eigenvalue weighted by molar-refractivity contribution is 5.32. The molecule has 110 valence electrons. The Hall–Kier alpha value is -1.46. The van der Waals surface area contributed by atoms with Crippen LogP contribution in [0.4, 0.5) is 5.69 Å². The number of benzene rings is 1. The summed E-state index contributed by atoms with van der Waals surface area (Å²) in [4.78, 5) is 12.7. The molecule has 0 amide bonds. The first-order chi connectivity index (χ1) is 9.66. The van der Waals surface area contributed by atoms with Crippen LogP contribution in [0.25, 0.3) is 0 Å². The summed E-state index contributed by atoms with van der Waals surface area (Å²) < 4.78 is 0. The Morgan fingerprint density at radius 1 is 1.30 bits per heavy atom. The minimum Gasteiger partial charge on any atom is -0.317 e. The van der Waals surface area contributed by atoms with Crippen LogP contribution in [-0.2, 0) is 6.42 Å². The van der Waals surface area contributed by atoms with Gasteiger partial charge in [-0.05, 0) is 51.4 Å². The van der Waals surface area contributed by atoms with Gasteiger partial charge in [-0.1, -0.05) is 12.1 Å². The molecule has 1 aromatic carbocycles. The van der Waals surface area contributed by atoms with Gasteiger partial charge in [-0.25, -0.2) is 0 Å². The number of nitrogens with one attached hydrogen (secondary N) is 1. The quantitative estimate of drug-likeness (QED) is 0.662. The van der Waals surface area contributed by atoms with Gasteiger partial charge in [0.2, 0.25) is 0 Å². The van der Waals surface area contributed by atoms with E-state index in [2.05, 4.69) is 17.3 Å². The van der Waals surface area contributed by atoms with Crippen molar-refractivity contribution < 1.29 is 4.92 Å². The average Bonchev–Trinajstić information content (AvgIpc) is 2.74. The van der Waals surface area contributed by atoms with E-state index in [9.17, 15) is 10.1 Å². The van der Waals surface area contributed by atoms with Crippen LogP contribution in [0, 0.1) is 10.1 Å². The van der Waals surface area contributed by atoms with Gasteiger partial charge in [-0.3, -0.25) is 10.1 Å². The highest BCUT2D eigenvalue weighted by Gasteiger charge is 2.16. The SMILES string of the molecule is CN(CCc1ccc([N+](=O)[O-])cc1)C1CCCNCC1. The Bertz CT molecular complexity index is 425. The Kier molecular flexibility index (Phi) is 5.49. The molecule has 1 aliphatic rings. The second-order valence-electron chi connectivity index (χ2n) is 5.49. The lowest BCUT2D eigenvalue weighted by Crippen LogP contribution is -2.34. The van der Waals surface area contributed by atoms with Crippen molar-refractivity contribution in [1.29, 1.82) is 0 Å². The molecule has 5 heteroatoms. The molecule has 1 unspecified atom stereocenters. The van der Waals surface area contributed by atoms with E-state index in [1.54, 1.807) is 12.1 Å². The van der Waals surface area contributed by atoms with Gasteiger partial charge in [0.1, 0.15) is 0 Å². The Morgan fingerprint density at radius 2 is 2.05 bits per heavy atom. The monoisotopic (exact) mass is 277 g/mol. The number of hydrogen-bond acceptors (Lipinski definition) is 4. The second kappa shape index (κ2) is 7.36. The predicted octanol–water partition coefficient (Wildman–Crippen LogP) is 2.21. The molecule has 0 bridgehead atoms.